The van der Waals surface area contributed by atoms with Crippen molar-refractivity contribution in [2.24, 2.45) is 5.92 Å². The molecule has 5 heteroatoms. The molecule has 2 rings (SSSR count). The summed E-state index contributed by atoms with van der Waals surface area (Å²) in [5.74, 6) is 0.353. The Morgan fingerprint density at radius 1 is 0.958 bits per heavy atom. The highest BCUT2D eigenvalue weighted by Crippen LogP contribution is 2.23. The van der Waals surface area contributed by atoms with E-state index in [1.54, 1.807) is 0 Å². The molecule has 0 N–H and O–H groups in total. The van der Waals surface area contributed by atoms with Crippen LogP contribution in [0.1, 0.15) is 33.3 Å². The number of carbonyl (C=O) groups excluding carboxylic acids is 2. The van der Waals surface area contributed by atoms with E-state index < -0.39 is 0 Å². The van der Waals surface area contributed by atoms with Gasteiger partial charge in [0.2, 0.25) is 11.8 Å². The van der Waals surface area contributed by atoms with Crippen molar-refractivity contribution in [1.29, 1.82) is 0 Å². The van der Waals surface area contributed by atoms with Gasteiger partial charge >= 0.3 is 0 Å². The number of thioether (sulfide) groups is 1. The zero-order valence-electron chi connectivity index (χ0n) is 15.1. The molecule has 0 aromatic heterocycles. The summed E-state index contributed by atoms with van der Waals surface area (Å²) in [6, 6.07) is 8.27. The number of amides is 2. The summed E-state index contributed by atoms with van der Waals surface area (Å²) < 4.78 is 0. The van der Waals surface area contributed by atoms with E-state index in [2.05, 4.69) is 26.0 Å². The first-order chi connectivity index (χ1) is 11.4. The molecule has 4 nitrogen and oxygen atoms in total. The third-order valence-corrected chi connectivity index (χ3v) is 5.10. The highest BCUT2D eigenvalue weighted by Gasteiger charge is 2.25. The highest BCUT2D eigenvalue weighted by molar-refractivity contribution is 7.99. The Hall–Kier alpha value is -1.49. The SMILES string of the molecule is CC(C)Sc1ccc(CC(=O)N2CCN(C(=O)C(C)C)CC2)cc1. The van der Waals surface area contributed by atoms with Crippen LogP contribution >= 0.6 is 11.8 Å². The summed E-state index contributed by atoms with van der Waals surface area (Å²) in [5, 5.41) is 0.558. The van der Waals surface area contributed by atoms with Crippen molar-refractivity contribution < 1.29 is 9.59 Å². The van der Waals surface area contributed by atoms with Crippen molar-refractivity contribution in [1.82, 2.24) is 9.80 Å². The predicted octanol–water partition coefficient (Wildman–Crippen LogP) is 3.06. The number of hydrogen-bond donors (Lipinski definition) is 0. The van der Waals surface area contributed by atoms with Gasteiger partial charge in [-0.3, -0.25) is 9.59 Å². The lowest BCUT2D eigenvalue weighted by molar-refractivity contribution is -0.141. The predicted molar refractivity (Wildman–Crippen MR) is 99.1 cm³/mol. The molecule has 0 saturated carbocycles. The average molecular weight is 349 g/mol. The molecule has 1 aromatic rings. The largest absolute Gasteiger partial charge is 0.339 e. The van der Waals surface area contributed by atoms with Crippen molar-refractivity contribution >= 4 is 23.6 Å². The van der Waals surface area contributed by atoms with Crippen molar-refractivity contribution in [2.75, 3.05) is 26.2 Å². The quantitative estimate of drug-likeness (QED) is 0.768. The molecule has 0 unspecified atom stereocenters. The fraction of sp³-hybridized carbons (Fsp3) is 0.579. The Balaban J connectivity index is 1.84. The standard InChI is InChI=1S/C19H28N2O2S/c1-14(2)19(23)21-11-9-20(10-12-21)18(22)13-16-5-7-17(8-6-16)24-15(3)4/h5-8,14-15H,9-13H2,1-4H3. The molecule has 1 aromatic carbocycles. The lowest BCUT2D eigenvalue weighted by atomic mass is 10.1. The van der Waals surface area contributed by atoms with Gasteiger partial charge in [-0.05, 0) is 17.7 Å². The Morgan fingerprint density at radius 3 is 2.00 bits per heavy atom. The van der Waals surface area contributed by atoms with Crippen LogP contribution in [0.4, 0.5) is 0 Å². The highest BCUT2D eigenvalue weighted by atomic mass is 32.2. The van der Waals surface area contributed by atoms with Crippen LogP contribution in [-0.2, 0) is 16.0 Å². The van der Waals surface area contributed by atoms with Gasteiger partial charge in [-0.15, -0.1) is 11.8 Å². The fourth-order valence-electron chi connectivity index (χ4n) is 2.79. The second-order valence-electron chi connectivity index (χ2n) is 6.85. The number of rotatable bonds is 5. The summed E-state index contributed by atoms with van der Waals surface area (Å²) in [6.45, 7) is 10.7. The normalized spacial score (nSPS) is 15.2. The molecule has 1 aliphatic rings. The van der Waals surface area contributed by atoms with E-state index in [0.717, 1.165) is 5.56 Å². The molecule has 0 atom stereocenters. The van der Waals surface area contributed by atoms with E-state index in [4.69, 9.17) is 0 Å². The van der Waals surface area contributed by atoms with Crippen LogP contribution < -0.4 is 0 Å². The van der Waals surface area contributed by atoms with Crippen LogP contribution in [-0.4, -0.2) is 53.0 Å². The van der Waals surface area contributed by atoms with E-state index in [1.165, 1.54) is 4.90 Å². The first kappa shape index (κ1) is 18.8. The topological polar surface area (TPSA) is 40.6 Å². The molecule has 0 radical (unpaired) electrons. The lowest BCUT2D eigenvalue weighted by Crippen LogP contribution is -2.51. The van der Waals surface area contributed by atoms with Crippen LogP contribution in [0.25, 0.3) is 0 Å². The minimum atomic E-state index is 0.0227. The summed E-state index contributed by atoms with van der Waals surface area (Å²) in [7, 11) is 0. The molecule has 1 saturated heterocycles. The minimum Gasteiger partial charge on any atom is -0.339 e. The molecule has 0 spiro atoms. The number of nitrogens with zero attached hydrogens (tertiary/aromatic N) is 2. The summed E-state index contributed by atoms with van der Waals surface area (Å²) in [4.78, 5) is 29.4. The summed E-state index contributed by atoms with van der Waals surface area (Å²) in [5.41, 5.74) is 1.05. The van der Waals surface area contributed by atoms with Gasteiger partial charge in [-0.1, -0.05) is 39.8 Å². The molecule has 1 heterocycles. The number of carbonyl (C=O) groups is 2. The maximum Gasteiger partial charge on any atom is 0.227 e. The number of piperazine rings is 1. The van der Waals surface area contributed by atoms with Gasteiger partial charge in [0.15, 0.2) is 0 Å². The number of hydrogen-bond acceptors (Lipinski definition) is 3. The van der Waals surface area contributed by atoms with Crippen LogP contribution in [0.3, 0.4) is 0 Å². The minimum absolute atomic E-state index is 0.0227. The molecule has 1 fully saturated rings. The second-order valence-corrected chi connectivity index (χ2v) is 8.50. The van der Waals surface area contributed by atoms with Gasteiger partial charge in [0.25, 0.3) is 0 Å². The first-order valence-electron chi connectivity index (χ1n) is 8.69. The van der Waals surface area contributed by atoms with Crippen molar-refractivity contribution in [3.05, 3.63) is 29.8 Å². The Labute approximate surface area is 149 Å². The molecule has 0 bridgehead atoms. The van der Waals surface area contributed by atoms with Gasteiger partial charge in [0, 0.05) is 42.2 Å². The Bertz CT molecular complexity index is 561. The van der Waals surface area contributed by atoms with Crippen LogP contribution in [0.2, 0.25) is 0 Å². The molecule has 1 aliphatic heterocycles. The monoisotopic (exact) mass is 348 g/mol. The average Bonchev–Trinajstić information content (AvgIpc) is 2.55. The molecule has 2 amide bonds. The van der Waals surface area contributed by atoms with Crippen LogP contribution in [0, 0.1) is 5.92 Å². The van der Waals surface area contributed by atoms with E-state index >= 15 is 0 Å². The molecule has 0 aliphatic carbocycles. The van der Waals surface area contributed by atoms with Crippen molar-refractivity contribution in [3.8, 4) is 0 Å². The maximum absolute atomic E-state index is 12.5. The van der Waals surface area contributed by atoms with Crippen LogP contribution in [0.15, 0.2) is 29.2 Å². The van der Waals surface area contributed by atoms with Gasteiger partial charge in [-0.2, -0.15) is 0 Å². The van der Waals surface area contributed by atoms with Crippen molar-refractivity contribution in [3.63, 3.8) is 0 Å². The van der Waals surface area contributed by atoms with E-state index in [1.807, 2.05) is 47.5 Å². The molecular formula is C19H28N2O2S. The zero-order valence-corrected chi connectivity index (χ0v) is 15.9. The van der Waals surface area contributed by atoms with E-state index in [-0.39, 0.29) is 17.7 Å². The smallest absolute Gasteiger partial charge is 0.227 e. The van der Waals surface area contributed by atoms with E-state index in [9.17, 15) is 9.59 Å². The maximum atomic E-state index is 12.5. The van der Waals surface area contributed by atoms with Gasteiger partial charge < -0.3 is 9.80 Å². The third-order valence-electron chi connectivity index (χ3n) is 4.09. The van der Waals surface area contributed by atoms with E-state index in [0.29, 0.717) is 37.8 Å². The molecular weight excluding hydrogens is 320 g/mol. The first-order valence-corrected chi connectivity index (χ1v) is 9.57. The lowest BCUT2D eigenvalue weighted by Gasteiger charge is -2.35. The third kappa shape index (κ3) is 5.26. The van der Waals surface area contributed by atoms with Crippen molar-refractivity contribution in [2.45, 2.75) is 44.3 Å². The Morgan fingerprint density at radius 2 is 1.50 bits per heavy atom. The second kappa shape index (κ2) is 8.56. The fourth-order valence-corrected chi connectivity index (χ4v) is 3.62. The molecule has 132 valence electrons. The van der Waals surface area contributed by atoms with Gasteiger partial charge in [0.05, 0.1) is 6.42 Å². The summed E-state index contributed by atoms with van der Waals surface area (Å²) >= 11 is 1.83. The summed E-state index contributed by atoms with van der Waals surface area (Å²) in [6.07, 6.45) is 0.435. The van der Waals surface area contributed by atoms with Gasteiger partial charge in [0.1, 0.15) is 0 Å². The van der Waals surface area contributed by atoms with Crippen LogP contribution in [0.5, 0.6) is 0 Å². The Kier molecular flexibility index (Phi) is 6.72. The molecule has 24 heavy (non-hydrogen) atoms. The number of benzene rings is 1. The van der Waals surface area contributed by atoms with Gasteiger partial charge in [-0.25, -0.2) is 0 Å². The zero-order chi connectivity index (χ0) is 17.7.